The number of carbonyl (C=O) groups excluding carboxylic acids is 3. The predicted molar refractivity (Wildman–Crippen MR) is 125 cm³/mol. The first-order chi connectivity index (χ1) is 15.8. The number of amides is 2. The van der Waals surface area contributed by atoms with E-state index in [-0.39, 0.29) is 5.69 Å². The molecule has 0 aliphatic rings. The highest BCUT2D eigenvalue weighted by molar-refractivity contribution is 6.40. The molecule has 0 radical (unpaired) electrons. The first-order valence-corrected chi connectivity index (χ1v) is 10.2. The maximum Gasteiger partial charge on any atom is 0.343 e. The monoisotopic (exact) mass is 485 g/mol. The van der Waals surface area contributed by atoms with E-state index in [1.807, 2.05) is 0 Å². The molecule has 0 saturated heterocycles. The average molecular weight is 486 g/mol. The zero-order chi connectivity index (χ0) is 23.8. The number of hydrazone groups is 1. The number of hydrogen-bond acceptors (Lipinski definition) is 6. The molecule has 10 heteroatoms. The number of esters is 1. The molecule has 0 aliphatic carbocycles. The second-order valence-electron chi connectivity index (χ2n) is 6.50. The smallest absolute Gasteiger partial charge is 0.343 e. The van der Waals surface area contributed by atoms with E-state index in [1.54, 1.807) is 48.5 Å². The number of nitrogens with one attached hydrogen (secondary N) is 2. The lowest BCUT2D eigenvalue weighted by Crippen LogP contribution is -2.32. The molecule has 2 N–H and O–H groups in total. The third kappa shape index (κ3) is 7.06. The molecule has 0 atom stereocenters. The van der Waals surface area contributed by atoms with Crippen LogP contribution < -0.4 is 20.2 Å². The van der Waals surface area contributed by atoms with E-state index < -0.39 is 17.8 Å². The lowest BCUT2D eigenvalue weighted by molar-refractivity contribution is -0.136. The summed E-state index contributed by atoms with van der Waals surface area (Å²) < 4.78 is 10.4. The summed E-state index contributed by atoms with van der Waals surface area (Å²) >= 11 is 11.7. The second-order valence-corrected chi connectivity index (χ2v) is 7.37. The maximum absolute atomic E-state index is 12.2. The molecular formula is C23H17Cl2N3O5. The van der Waals surface area contributed by atoms with Gasteiger partial charge in [0, 0.05) is 15.7 Å². The third-order valence-electron chi connectivity index (χ3n) is 4.10. The van der Waals surface area contributed by atoms with Crippen molar-refractivity contribution in [2.24, 2.45) is 5.10 Å². The van der Waals surface area contributed by atoms with E-state index >= 15 is 0 Å². The number of anilines is 1. The number of rotatable bonds is 6. The summed E-state index contributed by atoms with van der Waals surface area (Å²) in [6.07, 6.45) is 1.33. The van der Waals surface area contributed by atoms with Gasteiger partial charge in [-0.2, -0.15) is 5.10 Å². The molecule has 3 aromatic carbocycles. The molecule has 3 aromatic rings. The van der Waals surface area contributed by atoms with E-state index in [1.165, 1.54) is 31.5 Å². The van der Waals surface area contributed by atoms with Gasteiger partial charge in [0.15, 0.2) is 0 Å². The minimum absolute atomic E-state index is 0.274. The van der Waals surface area contributed by atoms with Gasteiger partial charge in [-0.1, -0.05) is 29.3 Å². The molecule has 0 bridgehead atoms. The summed E-state index contributed by atoms with van der Waals surface area (Å²) in [6, 6.07) is 17.4. The molecule has 0 saturated carbocycles. The number of hydrogen-bond donors (Lipinski definition) is 2. The highest BCUT2D eigenvalue weighted by atomic mass is 35.5. The third-order valence-corrected chi connectivity index (χ3v) is 4.54. The largest absolute Gasteiger partial charge is 0.497 e. The Morgan fingerprint density at radius 2 is 1.58 bits per heavy atom. The van der Waals surface area contributed by atoms with Crippen LogP contribution in [-0.4, -0.2) is 31.1 Å². The summed E-state index contributed by atoms with van der Waals surface area (Å²) in [4.78, 5) is 36.1. The standard InChI is InChI=1S/C23H17Cl2N3O5/c1-32-20-4-2-3-15(9-20)23(31)33-19-7-5-14(6-8-19)13-26-28-22(30)21(29)27-18-11-16(24)10-17(25)12-18/h2-13H,1H3,(H,27,29)(H,28,30)/b26-13+. The van der Waals surface area contributed by atoms with Gasteiger partial charge in [-0.25, -0.2) is 10.2 Å². The summed E-state index contributed by atoms with van der Waals surface area (Å²) in [6.45, 7) is 0. The van der Waals surface area contributed by atoms with Gasteiger partial charge in [0.05, 0.1) is 18.9 Å². The Labute approximate surface area is 199 Å². The first kappa shape index (κ1) is 23.8. The normalized spacial score (nSPS) is 10.5. The lowest BCUT2D eigenvalue weighted by atomic mass is 10.2. The Bertz CT molecular complexity index is 1190. The Hall–Kier alpha value is -3.88. The molecule has 33 heavy (non-hydrogen) atoms. The van der Waals surface area contributed by atoms with Gasteiger partial charge in [-0.15, -0.1) is 0 Å². The molecule has 0 spiro atoms. The van der Waals surface area contributed by atoms with Crippen LogP contribution >= 0.6 is 23.2 Å². The van der Waals surface area contributed by atoms with Gasteiger partial charge >= 0.3 is 17.8 Å². The fraction of sp³-hybridized carbons (Fsp3) is 0.0435. The Kier molecular flexibility index (Phi) is 8.01. The number of benzene rings is 3. The van der Waals surface area contributed by atoms with Crippen LogP contribution in [0.2, 0.25) is 10.0 Å². The van der Waals surface area contributed by atoms with Gasteiger partial charge < -0.3 is 14.8 Å². The fourth-order valence-corrected chi connectivity index (χ4v) is 3.09. The summed E-state index contributed by atoms with van der Waals surface area (Å²) in [7, 11) is 1.51. The predicted octanol–water partition coefficient (Wildman–Crippen LogP) is 4.31. The van der Waals surface area contributed by atoms with Crippen molar-refractivity contribution in [2.45, 2.75) is 0 Å². The molecule has 168 valence electrons. The molecule has 0 heterocycles. The van der Waals surface area contributed by atoms with Gasteiger partial charge in [0.1, 0.15) is 11.5 Å². The maximum atomic E-state index is 12.2. The van der Waals surface area contributed by atoms with Gasteiger partial charge in [0.25, 0.3) is 0 Å². The molecule has 0 aliphatic heterocycles. The quantitative estimate of drug-likeness (QED) is 0.178. The molecule has 8 nitrogen and oxygen atoms in total. The molecular weight excluding hydrogens is 469 g/mol. The van der Waals surface area contributed by atoms with Crippen LogP contribution in [0.3, 0.4) is 0 Å². The minimum Gasteiger partial charge on any atom is -0.497 e. The van der Waals surface area contributed by atoms with Crippen LogP contribution in [-0.2, 0) is 9.59 Å². The second kappa shape index (κ2) is 11.1. The summed E-state index contributed by atoms with van der Waals surface area (Å²) in [5.74, 6) is -1.59. The van der Waals surface area contributed by atoms with Crippen LogP contribution in [0.4, 0.5) is 5.69 Å². The van der Waals surface area contributed by atoms with Gasteiger partial charge in [0.2, 0.25) is 0 Å². The van der Waals surface area contributed by atoms with Crippen LogP contribution in [0.25, 0.3) is 0 Å². The van der Waals surface area contributed by atoms with E-state index in [4.69, 9.17) is 32.7 Å². The van der Waals surface area contributed by atoms with Crippen LogP contribution in [0, 0.1) is 0 Å². The highest BCUT2D eigenvalue weighted by Gasteiger charge is 2.13. The Morgan fingerprint density at radius 3 is 2.24 bits per heavy atom. The van der Waals surface area contributed by atoms with Crippen molar-refractivity contribution in [1.29, 1.82) is 0 Å². The highest BCUT2D eigenvalue weighted by Crippen LogP contribution is 2.22. The number of ether oxygens (including phenoxy) is 2. The van der Waals surface area contributed by atoms with Crippen molar-refractivity contribution in [3.05, 3.63) is 87.9 Å². The number of methoxy groups -OCH3 is 1. The Balaban J connectivity index is 1.52. The van der Waals surface area contributed by atoms with Crippen LogP contribution in [0.5, 0.6) is 11.5 Å². The van der Waals surface area contributed by atoms with Crippen LogP contribution in [0.15, 0.2) is 71.8 Å². The fourth-order valence-electron chi connectivity index (χ4n) is 2.57. The Morgan fingerprint density at radius 1 is 0.879 bits per heavy atom. The van der Waals surface area contributed by atoms with Crippen LogP contribution in [0.1, 0.15) is 15.9 Å². The van der Waals surface area contributed by atoms with Crippen molar-refractivity contribution in [1.82, 2.24) is 5.43 Å². The van der Waals surface area contributed by atoms with E-state index in [0.29, 0.717) is 32.7 Å². The lowest BCUT2D eigenvalue weighted by Gasteiger charge is -2.06. The first-order valence-electron chi connectivity index (χ1n) is 9.41. The molecule has 3 rings (SSSR count). The molecule has 0 fully saturated rings. The van der Waals surface area contributed by atoms with Crippen molar-refractivity contribution in [2.75, 3.05) is 12.4 Å². The molecule has 2 amide bonds. The topological polar surface area (TPSA) is 106 Å². The number of halogens is 2. The van der Waals surface area contributed by atoms with Crippen molar-refractivity contribution >= 4 is 52.9 Å². The zero-order valence-electron chi connectivity index (χ0n) is 17.2. The minimum atomic E-state index is -0.980. The summed E-state index contributed by atoms with van der Waals surface area (Å²) in [5.41, 5.74) is 3.33. The molecule has 0 unspecified atom stereocenters. The van der Waals surface area contributed by atoms with E-state index in [2.05, 4.69) is 15.8 Å². The SMILES string of the molecule is COc1cccc(C(=O)Oc2ccc(/C=N/NC(=O)C(=O)Nc3cc(Cl)cc(Cl)c3)cc2)c1. The van der Waals surface area contributed by atoms with Crippen molar-refractivity contribution in [3.63, 3.8) is 0 Å². The number of nitrogens with zero attached hydrogens (tertiary/aromatic N) is 1. The van der Waals surface area contributed by atoms with Crippen molar-refractivity contribution in [3.8, 4) is 11.5 Å². The van der Waals surface area contributed by atoms with Gasteiger partial charge in [-0.05, 0) is 66.2 Å². The van der Waals surface area contributed by atoms with E-state index in [9.17, 15) is 14.4 Å². The zero-order valence-corrected chi connectivity index (χ0v) is 18.7. The molecule has 0 aromatic heterocycles. The van der Waals surface area contributed by atoms with Gasteiger partial charge in [-0.3, -0.25) is 9.59 Å². The van der Waals surface area contributed by atoms with E-state index in [0.717, 1.165) is 0 Å². The summed E-state index contributed by atoms with van der Waals surface area (Å²) in [5, 5.41) is 6.73. The average Bonchev–Trinajstić information content (AvgIpc) is 2.79. The van der Waals surface area contributed by atoms with Crippen molar-refractivity contribution < 1.29 is 23.9 Å². The number of carbonyl (C=O) groups is 3.